The van der Waals surface area contributed by atoms with Gasteiger partial charge in [0.2, 0.25) is 10.0 Å². The first-order valence-electron chi connectivity index (χ1n) is 13.3. The molecule has 2 fully saturated rings. The van der Waals surface area contributed by atoms with Crippen molar-refractivity contribution in [2.75, 3.05) is 57.0 Å². The van der Waals surface area contributed by atoms with Crippen molar-refractivity contribution < 1.29 is 31.1 Å². The number of urea groups is 1. The van der Waals surface area contributed by atoms with Gasteiger partial charge in [-0.1, -0.05) is 23.7 Å². The first-order valence-corrected chi connectivity index (χ1v) is 15.6. The number of carbonyl (C=O) groups is 1. The molecule has 0 saturated carbocycles. The van der Waals surface area contributed by atoms with E-state index < -0.39 is 27.8 Å². The predicted octanol–water partition coefficient (Wildman–Crippen LogP) is 5.71. The smallest absolute Gasteiger partial charge is 0.416 e. The van der Waals surface area contributed by atoms with E-state index in [1.165, 1.54) is 21.5 Å². The molecule has 2 heterocycles. The van der Waals surface area contributed by atoms with E-state index in [0.717, 1.165) is 12.1 Å². The molecule has 0 bridgehead atoms. The van der Waals surface area contributed by atoms with E-state index in [1.54, 1.807) is 59.5 Å². The average molecular weight is 623 g/mol. The molecule has 1 unspecified atom stereocenters. The zero-order valence-electron chi connectivity index (χ0n) is 22.8. The lowest BCUT2D eigenvalue weighted by Gasteiger charge is -2.34. The third-order valence-electron chi connectivity index (χ3n) is 7.43. The Morgan fingerprint density at radius 3 is 2.12 bits per heavy atom. The molecular formula is C29H30ClF3N4O4S. The number of nitrogens with zero attached hydrogens (tertiary/aromatic N) is 4. The predicted molar refractivity (Wildman–Crippen MR) is 154 cm³/mol. The van der Waals surface area contributed by atoms with Crippen LogP contribution in [0.1, 0.15) is 17.2 Å². The van der Waals surface area contributed by atoms with Gasteiger partial charge in [0.05, 0.1) is 17.9 Å². The number of amides is 2. The quantitative estimate of drug-likeness (QED) is 0.322. The highest BCUT2D eigenvalue weighted by Crippen LogP contribution is 2.38. The molecular weight excluding hydrogens is 593 g/mol. The lowest BCUT2D eigenvalue weighted by atomic mass is 10.0. The molecule has 0 N–H and O–H groups in total. The van der Waals surface area contributed by atoms with E-state index >= 15 is 0 Å². The maximum atomic E-state index is 13.7. The lowest BCUT2D eigenvalue weighted by molar-refractivity contribution is -0.137. The second kappa shape index (κ2) is 12.1. The number of hydrogen-bond acceptors (Lipinski definition) is 5. The minimum absolute atomic E-state index is 0.201. The van der Waals surface area contributed by atoms with E-state index in [9.17, 15) is 26.4 Å². The number of benzene rings is 3. The monoisotopic (exact) mass is 622 g/mol. The molecule has 1 atom stereocenters. The van der Waals surface area contributed by atoms with Crippen LogP contribution in [0.5, 0.6) is 11.5 Å². The number of carbonyl (C=O) groups excluding carboxylic acids is 1. The summed E-state index contributed by atoms with van der Waals surface area (Å²) in [6, 6.07) is 17.8. The number of anilines is 1. The van der Waals surface area contributed by atoms with Gasteiger partial charge in [0.1, 0.15) is 11.5 Å². The van der Waals surface area contributed by atoms with Gasteiger partial charge in [-0.3, -0.25) is 9.80 Å². The Morgan fingerprint density at radius 2 is 1.52 bits per heavy atom. The van der Waals surface area contributed by atoms with E-state index in [0.29, 0.717) is 67.0 Å². The van der Waals surface area contributed by atoms with Gasteiger partial charge in [0.25, 0.3) is 0 Å². The fourth-order valence-electron chi connectivity index (χ4n) is 5.17. The third kappa shape index (κ3) is 7.00. The largest absolute Gasteiger partial charge is 0.457 e. The molecule has 5 rings (SSSR count). The zero-order chi connectivity index (χ0) is 30.1. The van der Waals surface area contributed by atoms with Gasteiger partial charge in [-0.2, -0.15) is 17.5 Å². The molecule has 42 heavy (non-hydrogen) atoms. The number of sulfonamides is 1. The average Bonchev–Trinajstić information content (AvgIpc) is 3.29. The van der Waals surface area contributed by atoms with Crippen LogP contribution in [0.15, 0.2) is 72.8 Å². The fraction of sp³-hybridized carbons (Fsp3) is 0.345. The van der Waals surface area contributed by atoms with Crippen molar-refractivity contribution in [3.63, 3.8) is 0 Å². The van der Waals surface area contributed by atoms with Crippen molar-refractivity contribution in [2.45, 2.75) is 12.2 Å². The van der Waals surface area contributed by atoms with Crippen LogP contribution in [0.2, 0.25) is 5.02 Å². The van der Waals surface area contributed by atoms with Crippen molar-refractivity contribution in [1.29, 1.82) is 0 Å². The van der Waals surface area contributed by atoms with Crippen LogP contribution in [-0.4, -0.2) is 80.6 Å². The highest BCUT2D eigenvalue weighted by atomic mass is 35.5. The number of ether oxygens (including phenoxy) is 1. The summed E-state index contributed by atoms with van der Waals surface area (Å²) < 4.78 is 71.6. The fourth-order valence-corrected chi connectivity index (χ4v) is 6.12. The van der Waals surface area contributed by atoms with E-state index in [-0.39, 0.29) is 12.6 Å². The Bertz CT molecular complexity index is 1510. The summed E-state index contributed by atoms with van der Waals surface area (Å²) in [5, 5.41) is 0.576. The number of hydrogen-bond donors (Lipinski definition) is 0. The maximum Gasteiger partial charge on any atom is 0.416 e. The summed E-state index contributed by atoms with van der Waals surface area (Å²) in [6.07, 6.45) is -3.33. The summed E-state index contributed by atoms with van der Waals surface area (Å²) in [5.74, 6) is 1.10. The van der Waals surface area contributed by atoms with Crippen molar-refractivity contribution in [3.05, 3.63) is 88.9 Å². The first-order chi connectivity index (χ1) is 19.9. The molecule has 0 aliphatic carbocycles. The van der Waals surface area contributed by atoms with Gasteiger partial charge < -0.3 is 9.64 Å². The SMILES string of the molecule is CS(=O)(=O)N1CCN(CCN2CC(c3cccc(C(F)(F)F)c3)N(c3ccc(Oc4ccc(Cl)cc4)cc3)C2=O)CC1. The Labute approximate surface area is 247 Å². The molecule has 3 aromatic rings. The molecule has 2 aliphatic rings. The van der Waals surface area contributed by atoms with Crippen LogP contribution in [0.25, 0.3) is 0 Å². The second-order valence-corrected chi connectivity index (χ2v) is 12.7. The molecule has 0 radical (unpaired) electrons. The minimum Gasteiger partial charge on any atom is -0.457 e. The zero-order valence-corrected chi connectivity index (χ0v) is 24.4. The molecule has 2 aliphatic heterocycles. The molecule has 3 aromatic carbocycles. The van der Waals surface area contributed by atoms with E-state index in [4.69, 9.17) is 16.3 Å². The van der Waals surface area contributed by atoms with Gasteiger partial charge >= 0.3 is 12.2 Å². The first kappa shape index (κ1) is 30.1. The summed E-state index contributed by atoms with van der Waals surface area (Å²) >= 11 is 5.94. The van der Waals surface area contributed by atoms with Crippen molar-refractivity contribution >= 4 is 33.3 Å². The molecule has 0 aromatic heterocycles. The second-order valence-electron chi connectivity index (χ2n) is 10.3. The Kier molecular flexibility index (Phi) is 8.70. The van der Waals surface area contributed by atoms with E-state index in [2.05, 4.69) is 4.90 Å². The number of halogens is 4. The number of rotatable bonds is 8. The van der Waals surface area contributed by atoms with Gasteiger partial charge in [-0.25, -0.2) is 13.2 Å². The summed E-state index contributed by atoms with van der Waals surface area (Å²) in [5.41, 5.74) is 0.125. The molecule has 0 spiro atoms. The Morgan fingerprint density at radius 1 is 0.905 bits per heavy atom. The number of piperazine rings is 1. The van der Waals surface area contributed by atoms with Crippen LogP contribution < -0.4 is 9.64 Å². The van der Waals surface area contributed by atoms with Crippen LogP contribution >= 0.6 is 11.6 Å². The highest BCUT2D eigenvalue weighted by molar-refractivity contribution is 7.88. The normalized spacial score (nSPS) is 19.0. The Balaban J connectivity index is 1.35. The van der Waals surface area contributed by atoms with Crippen molar-refractivity contribution in [2.24, 2.45) is 0 Å². The van der Waals surface area contributed by atoms with Crippen molar-refractivity contribution in [1.82, 2.24) is 14.1 Å². The van der Waals surface area contributed by atoms with E-state index in [1.807, 2.05) is 0 Å². The van der Waals surface area contributed by atoms with Gasteiger partial charge in [0.15, 0.2) is 0 Å². The summed E-state index contributed by atoms with van der Waals surface area (Å²) in [4.78, 5) is 18.9. The van der Waals surface area contributed by atoms with Crippen LogP contribution in [0, 0.1) is 0 Å². The third-order valence-corrected chi connectivity index (χ3v) is 8.99. The molecule has 224 valence electrons. The standard InChI is InChI=1S/C29H30ClF3N4O4S/c1-42(39,40)36-17-14-34(15-18-36)13-16-35-20-27(21-3-2-4-22(19-21)29(31,32)33)37(28(35)38)24-7-11-26(12-8-24)41-25-9-5-23(30)6-10-25/h2-12,19,27H,13-18,20H2,1H3. The van der Waals surface area contributed by atoms with Gasteiger partial charge in [0, 0.05) is 56.5 Å². The topological polar surface area (TPSA) is 73.4 Å². The Hall–Kier alpha value is -3.32. The molecule has 2 saturated heterocycles. The minimum atomic E-state index is -4.52. The van der Waals surface area contributed by atoms with Gasteiger partial charge in [-0.15, -0.1) is 0 Å². The molecule has 8 nitrogen and oxygen atoms in total. The van der Waals surface area contributed by atoms with Gasteiger partial charge in [-0.05, 0) is 66.2 Å². The number of alkyl halides is 3. The van der Waals surface area contributed by atoms with Crippen LogP contribution in [0.4, 0.5) is 23.7 Å². The maximum absolute atomic E-state index is 13.7. The summed E-state index contributed by atoms with van der Waals surface area (Å²) in [6.45, 7) is 2.87. The highest BCUT2D eigenvalue weighted by Gasteiger charge is 2.40. The van der Waals surface area contributed by atoms with Crippen LogP contribution in [-0.2, 0) is 16.2 Å². The molecule has 13 heteroatoms. The lowest BCUT2D eigenvalue weighted by Crippen LogP contribution is -2.50. The summed E-state index contributed by atoms with van der Waals surface area (Å²) in [7, 11) is -3.26. The van der Waals surface area contributed by atoms with Crippen LogP contribution in [0.3, 0.4) is 0 Å². The van der Waals surface area contributed by atoms with Crippen molar-refractivity contribution in [3.8, 4) is 11.5 Å². The molecule has 2 amide bonds.